The molecule has 0 unspecified atom stereocenters. The number of rotatable bonds is 5. The van der Waals surface area contributed by atoms with Gasteiger partial charge >= 0.3 is 0 Å². The van der Waals surface area contributed by atoms with Crippen molar-refractivity contribution >= 4 is 5.84 Å². The summed E-state index contributed by atoms with van der Waals surface area (Å²) in [6.45, 7) is 11.8. The second-order valence-corrected chi connectivity index (χ2v) is 5.85. The third-order valence-corrected chi connectivity index (χ3v) is 3.90. The summed E-state index contributed by atoms with van der Waals surface area (Å²) in [5.74, 6) is 0.683. The highest BCUT2D eigenvalue weighted by Crippen LogP contribution is 2.22. The third kappa shape index (κ3) is 2.98. The van der Waals surface area contributed by atoms with Crippen molar-refractivity contribution in [2.45, 2.75) is 46.3 Å². The maximum atomic E-state index is 8.25. The van der Waals surface area contributed by atoms with Crippen LogP contribution >= 0.6 is 0 Å². The molecule has 104 valence electrons. The zero-order valence-corrected chi connectivity index (χ0v) is 12.5. The Morgan fingerprint density at radius 2 is 1.79 bits per heavy atom. The fraction of sp³-hybridized carbons (Fsp3) is 0.562. The van der Waals surface area contributed by atoms with Crippen molar-refractivity contribution in [2.75, 3.05) is 13.1 Å². The summed E-state index contributed by atoms with van der Waals surface area (Å²) in [5.41, 5.74) is 2.39. The fourth-order valence-electron chi connectivity index (χ4n) is 2.88. The number of benzene rings is 1. The normalized spacial score (nSPS) is 14.9. The van der Waals surface area contributed by atoms with Crippen molar-refractivity contribution in [3.63, 3.8) is 0 Å². The molecule has 3 heteroatoms. The minimum absolute atomic E-state index is 0.555. The number of nitrogens with zero attached hydrogens (tertiary/aromatic N) is 2. The molecule has 1 aliphatic heterocycles. The van der Waals surface area contributed by atoms with Crippen LogP contribution in [0.4, 0.5) is 0 Å². The zero-order valence-electron chi connectivity index (χ0n) is 12.5. The highest BCUT2D eigenvalue weighted by atomic mass is 15.2. The van der Waals surface area contributed by atoms with Gasteiger partial charge in [0.25, 0.3) is 0 Å². The fourth-order valence-corrected chi connectivity index (χ4v) is 2.88. The summed E-state index contributed by atoms with van der Waals surface area (Å²) in [6, 6.07) is 9.38. The van der Waals surface area contributed by atoms with Crippen molar-refractivity contribution < 1.29 is 0 Å². The van der Waals surface area contributed by atoms with Gasteiger partial charge in [-0.1, -0.05) is 24.3 Å². The van der Waals surface area contributed by atoms with Crippen LogP contribution in [0, 0.1) is 5.41 Å². The largest absolute Gasteiger partial charge is 0.351 e. The average molecular weight is 259 g/mol. The van der Waals surface area contributed by atoms with Gasteiger partial charge < -0.3 is 4.90 Å². The van der Waals surface area contributed by atoms with Gasteiger partial charge in [-0.05, 0) is 33.3 Å². The Bertz CT molecular complexity index is 443. The van der Waals surface area contributed by atoms with E-state index in [0.717, 1.165) is 25.2 Å². The number of hydrogen-bond acceptors (Lipinski definition) is 2. The van der Waals surface area contributed by atoms with Gasteiger partial charge in [0.05, 0.1) is 0 Å². The number of nitrogens with one attached hydrogen (secondary N) is 1. The van der Waals surface area contributed by atoms with Crippen LogP contribution in [0.25, 0.3) is 0 Å². The second kappa shape index (κ2) is 5.74. The highest BCUT2D eigenvalue weighted by molar-refractivity contribution is 6.00. The van der Waals surface area contributed by atoms with Crippen LogP contribution in [0.2, 0.25) is 0 Å². The number of fused-ring (bicyclic) bond motifs is 1. The molecule has 0 radical (unpaired) electrons. The van der Waals surface area contributed by atoms with Gasteiger partial charge in [-0.25, -0.2) is 0 Å². The lowest BCUT2D eigenvalue weighted by Gasteiger charge is -2.32. The summed E-state index contributed by atoms with van der Waals surface area (Å²) in [5, 5.41) is 8.25. The molecule has 1 N–H and O–H groups in total. The molecule has 2 rings (SSSR count). The zero-order chi connectivity index (χ0) is 14.0. The number of amidine groups is 1. The van der Waals surface area contributed by atoms with E-state index in [9.17, 15) is 0 Å². The summed E-state index contributed by atoms with van der Waals surface area (Å²) in [7, 11) is 0. The van der Waals surface area contributed by atoms with Crippen LogP contribution < -0.4 is 0 Å². The molecule has 3 nitrogen and oxygen atoms in total. The van der Waals surface area contributed by atoms with Gasteiger partial charge in [0.2, 0.25) is 0 Å². The molecule has 1 aromatic rings. The first-order chi connectivity index (χ1) is 9.00. The van der Waals surface area contributed by atoms with Crippen LogP contribution in [0.3, 0.4) is 0 Å². The van der Waals surface area contributed by atoms with Crippen LogP contribution in [-0.2, 0) is 6.54 Å². The van der Waals surface area contributed by atoms with Gasteiger partial charge in [-0.15, -0.1) is 0 Å². The Labute approximate surface area is 116 Å². The lowest BCUT2D eigenvalue weighted by atomic mass is 10.1. The molecular weight excluding hydrogens is 234 g/mol. The smallest absolute Gasteiger partial charge is 0.128 e. The molecule has 1 aliphatic rings. The van der Waals surface area contributed by atoms with Gasteiger partial charge in [-0.2, -0.15) is 0 Å². The molecular formula is C16H25N3. The molecule has 0 saturated heterocycles. The number of hydrogen-bond donors (Lipinski definition) is 1. The topological polar surface area (TPSA) is 30.3 Å². The second-order valence-electron chi connectivity index (χ2n) is 5.85. The summed E-state index contributed by atoms with van der Waals surface area (Å²) >= 11 is 0. The quantitative estimate of drug-likeness (QED) is 0.881. The van der Waals surface area contributed by atoms with E-state index in [-0.39, 0.29) is 0 Å². The molecule has 0 amide bonds. The first kappa shape index (κ1) is 14.1. The molecule has 0 atom stereocenters. The van der Waals surface area contributed by atoms with Crippen molar-refractivity contribution in [3.05, 3.63) is 35.4 Å². The van der Waals surface area contributed by atoms with Crippen LogP contribution in [0.15, 0.2) is 24.3 Å². The SMILES string of the molecule is CC(C)N(CCN1Cc2ccccc2C1=N)C(C)C. The van der Waals surface area contributed by atoms with Gasteiger partial charge in [0.15, 0.2) is 0 Å². The first-order valence-electron chi connectivity index (χ1n) is 7.18. The van der Waals surface area contributed by atoms with Crippen LogP contribution in [-0.4, -0.2) is 40.8 Å². The van der Waals surface area contributed by atoms with E-state index in [1.54, 1.807) is 0 Å². The Kier molecular flexibility index (Phi) is 4.25. The summed E-state index contributed by atoms with van der Waals surface area (Å²) in [4.78, 5) is 4.67. The van der Waals surface area contributed by atoms with E-state index in [2.05, 4.69) is 55.7 Å². The molecule has 0 spiro atoms. The molecule has 19 heavy (non-hydrogen) atoms. The van der Waals surface area contributed by atoms with Crippen LogP contribution in [0.5, 0.6) is 0 Å². The van der Waals surface area contributed by atoms with Gasteiger partial charge in [-0.3, -0.25) is 10.3 Å². The molecule has 0 fully saturated rings. The average Bonchev–Trinajstić information content (AvgIpc) is 2.66. The third-order valence-electron chi connectivity index (χ3n) is 3.90. The molecule has 1 heterocycles. The minimum Gasteiger partial charge on any atom is -0.351 e. The van der Waals surface area contributed by atoms with E-state index in [4.69, 9.17) is 5.41 Å². The monoisotopic (exact) mass is 259 g/mol. The molecule has 0 aliphatic carbocycles. The van der Waals surface area contributed by atoms with Crippen molar-refractivity contribution in [1.29, 1.82) is 5.41 Å². The first-order valence-corrected chi connectivity index (χ1v) is 7.18. The minimum atomic E-state index is 0.555. The predicted octanol–water partition coefficient (Wildman–Crippen LogP) is 2.95. The van der Waals surface area contributed by atoms with E-state index in [1.165, 1.54) is 5.56 Å². The van der Waals surface area contributed by atoms with E-state index in [0.29, 0.717) is 17.9 Å². The Morgan fingerprint density at radius 3 is 2.37 bits per heavy atom. The predicted molar refractivity (Wildman–Crippen MR) is 80.7 cm³/mol. The van der Waals surface area contributed by atoms with Crippen molar-refractivity contribution in [3.8, 4) is 0 Å². The lowest BCUT2D eigenvalue weighted by molar-refractivity contribution is 0.162. The van der Waals surface area contributed by atoms with Gasteiger partial charge in [0.1, 0.15) is 5.84 Å². The maximum Gasteiger partial charge on any atom is 0.128 e. The van der Waals surface area contributed by atoms with Crippen molar-refractivity contribution in [2.24, 2.45) is 0 Å². The Balaban J connectivity index is 1.98. The Hall–Kier alpha value is -1.35. The molecule has 0 saturated carbocycles. The standard InChI is InChI=1S/C16H25N3/c1-12(2)19(13(3)4)10-9-18-11-14-7-5-6-8-15(14)16(18)17/h5-8,12-13,17H,9-11H2,1-4H3. The maximum absolute atomic E-state index is 8.25. The lowest BCUT2D eigenvalue weighted by Crippen LogP contribution is -2.42. The van der Waals surface area contributed by atoms with Crippen LogP contribution in [0.1, 0.15) is 38.8 Å². The van der Waals surface area contributed by atoms with Crippen molar-refractivity contribution in [1.82, 2.24) is 9.80 Å². The Morgan fingerprint density at radius 1 is 1.16 bits per heavy atom. The van der Waals surface area contributed by atoms with Gasteiger partial charge in [0, 0.05) is 37.3 Å². The van der Waals surface area contributed by atoms with E-state index in [1.807, 2.05) is 6.07 Å². The van der Waals surface area contributed by atoms with E-state index < -0.39 is 0 Å². The highest BCUT2D eigenvalue weighted by Gasteiger charge is 2.24. The summed E-state index contributed by atoms with van der Waals surface area (Å²) in [6.07, 6.45) is 0. The van der Waals surface area contributed by atoms with E-state index >= 15 is 0 Å². The molecule has 0 bridgehead atoms. The summed E-state index contributed by atoms with van der Waals surface area (Å²) < 4.78 is 0. The molecule has 1 aromatic carbocycles. The molecule has 0 aromatic heterocycles.